The first kappa shape index (κ1) is 22.2. The summed E-state index contributed by atoms with van der Waals surface area (Å²) in [7, 11) is 0. The Labute approximate surface area is 167 Å². The third-order valence-corrected chi connectivity index (χ3v) is 7.96. The van der Waals surface area contributed by atoms with Crippen molar-refractivity contribution in [1.82, 2.24) is 4.90 Å². The van der Waals surface area contributed by atoms with Gasteiger partial charge in [0.2, 0.25) is 0 Å². The zero-order valence-electron chi connectivity index (χ0n) is 16.3. The van der Waals surface area contributed by atoms with E-state index in [2.05, 4.69) is 25.7 Å². The minimum absolute atomic E-state index is 0.0222. The summed E-state index contributed by atoms with van der Waals surface area (Å²) >= 11 is 1.03. The number of nitrogens with zero attached hydrogens (tertiary/aromatic N) is 1. The molecule has 0 radical (unpaired) electrons. The Morgan fingerprint density at radius 2 is 1.44 bits per heavy atom. The van der Waals surface area contributed by atoms with Crippen LogP contribution in [0, 0.1) is 0 Å². The van der Waals surface area contributed by atoms with Crippen LogP contribution < -0.4 is 0 Å². The van der Waals surface area contributed by atoms with Gasteiger partial charge in [-0.15, -0.1) is 0 Å². The summed E-state index contributed by atoms with van der Waals surface area (Å²) in [5.41, 5.74) is 2.01. The molecule has 148 valence electrons. The second kappa shape index (κ2) is 11.0. The van der Waals surface area contributed by atoms with Gasteiger partial charge in [-0.05, 0) is 48.6 Å². The Morgan fingerprint density at radius 1 is 0.963 bits per heavy atom. The Kier molecular flexibility index (Phi) is 9.07. The molecule has 3 atom stereocenters. The van der Waals surface area contributed by atoms with E-state index in [-0.39, 0.29) is 11.4 Å². The van der Waals surface area contributed by atoms with E-state index in [1.165, 1.54) is 19.6 Å². The van der Waals surface area contributed by atoms with Gasteiger partial charge < -0.3 is 9.79 Å². The lowest BCUT2D eigenvalue weighted by atomic mass is 10.0. The molecule has 0 amide bonds. The number of hydrogen-bond donors (Lipinski definition) is 1. The predicted molar refractivity (Wildman–Crippen MR) is 115 cm³/mol. The smallest absolute Gasteiger partial charge is 0.316 e. The summed E-state index contributed by atoms with van der Waals surface area (Å²) < 4.78 is 17.5. The summed E-state index contributed by atoms with van der Waals surface area (Å²) in [5, 5.41) is -0.0222. The van der Waals surface area contributed by atoms with Crippen molar-refractivity contribution < 1.29 is 14.0 Å². The summed E-state index contributed by atoms with van der Waals surface area (Å²) in [6, 6.07) is 19.5. The molecule has 0 bridgehead atoms. The number of benzene rings is 2. The van der Waals surface area contributed by atoms with Crippen LogP contribution in [0.4, 0.5) is 0 Å². The first-order valence-corrected chi connectivity index (χ1v) is 12.6. The average molecular weight is 408 g/mol. The first-order chi connectivity index (χ1) is 13.0. The van der Waals surface area contributed by atoms with E-state index in [9.17, 15) is 9.46 Å². The molecule has 1 N–H and O–H groups in total. The zero-order valence-corrected chi connectivity index (χ0v) is 18.0. The fourth-order valence-corrected chi connectivity index (χ4v) is 6.52. The Morgan fingerprint density at radius 3 is 1.89 bits per heavy atom. The van der Waals surface area contributed by atoms with Gasteiger partial charge in [-0.25, -0.2) is 4.57 Å². The van der Waals surface area contributed by atoms with E-state index in [4.69, 9.17) is 4.52 Å². The van der Waals surface area contributed by atoms with Crippen LogP contribution in [-0.2, 0) is 9.09 Å². The van der Waals surface area contributed by atoms with Crippen molar-refractivity contribution in [3.63, 3.8) is 0 Å². The molecule has 1 heterocycles. The molecule has 0 aliphatic carbocycles. The highest BCUT2D eigenvalue weighted by molar-refractivity contribution is 8.55. The largest absolute Gasteiger partial charge is 0.387 e. The van der Waals surface area contributed by atoms with E-state index < -0.39 is 6.80 Å². The van der Waals surface area contributed by atoms with Crippen LogP contribution in [-0.4, -0.2) is 29.4 Å². The molecule has 3 rings (SSSR count). The molecule has 1 fully saturated rings. The highest BCUT2D eigenvalue weighted by Crippen LogP contribution is 2.69. The molecule has 0 saturated carbocycles. The Hall–Kier alpha value is -1.10. The van der Waals surface area contributed by atoms with Gasteiger partial charge in [0.05, 0.1) is 6.10 Å². The maximum atomic E-state index is 12.1. The van der Waals surface area contributed by atoms with Crippen molar-refractivity contribution in [1.29, 1.82) is 0 Å². The molecule has 1 saturated heterocycles. The van der Waals surface area contributed by atoms with Crippen LogP contribution in [0.2, 0.25) is 0 Å². The molecule has 1 aliphatic rings. The molecule has 1 unspecified atom stereocenters. The van der Waals surface area contributed by atoms with Crippen molar-refractivity contribution in [3.05, 3.63) is 71.8 Å². The van der Waals surface area contributed by atoms with Gasteiger partial charge >= 0.3 is 6.80 Å². The summed E-state index contributed by atoms with van der Waals surface area (Å²) in [5.74, 6) is 0. The van der Waals surface area contributed by atoms with E-state index in [0.29, 0.717) is 6.42 Å². The third kappa shape index (κ3) is 7.10. The van der Waals surface area contributed by atoms with Crippen LogP contribution in [0.5, 0.6) is 0 Å². The normalized spacial score (nSPS) is 24.9. The number of hydrogen-bond acceptors (Lipinski definition) is 4. The van der Waals surface area contributed by atoms with Gasteiger partial charge in [0.25, 0.3) is 0 Å². The highest BCUT2D eigenvalue weighted by atomic mass is 32.7. The maximum Gasteiger partial charge on any atom is 0.387 e. The van der Waals surface area contributed by atoms with Crippen LogP contribution in [0.25, 0.3) is 0 Å². The van der Waals surface area contributed by atoms with Gasteiger partial charge in [-0.3, -0.25) is 4.52 Å². The summed E-state index contributed by atoms with van der Waals surface area (Å²) in [6.07, 6.45) is 0.363. The van der Waals surface area contributed by atoms with Crippen LogP contribution in [0.1, 0.15) is 49.7 Å². The van der Waals surface area contributed by atoms with Gasteiger partial charge in [0.15, 0.2) is 0 Å². The van der Waals surface area contributed by atoms with Gasteiger partial charge in [-0.2, -0.15) is 0 Å². The maximum absolute atomic E-state index is 12.1. The lowest BCUT2D eigenvalue weighted by molar-refractivity contribution is 0.171. The molecule has 6 heteroatoms. The van der Waals surface area contributed by atoms with Crippen molar-refractivity contribution in [2.75, 3.05) is 19.6 Å². The highest BCUT2D eigenvalue weighted by Gasteiger charge is 2.38. The van der Waals surface area contributed by atoms with Crippen LogP contribution >= 0.6 is 18.2 Å². The van der Waals surface area contributed by atoms with E-state index in [0.717, 1.165) is 22.5 Å². The summed E-state index contributed by atoms with van der Waals surface area (Å²) in [6.45, 7) is 6.51. The minimum atomic E-state index is -3.61. The second-order valence-electron chi connectivity index (χ2n) is 6.33. The SMILES string of the molecule is CCN(CC)CC.O=P1(O)O[C@@H](c2ccccc2)C[C@@H](c2ccccc2)S1. The van der Waals surface area contributed by atoms with Crippen molar-refractivity contribution in [2.45, 2.75) is 38.5 Å². The fraction of sp³-hybridized carbons (Fsp3) is 0.429. The molecule has 0 spiro atoms. The van der Waals surface area contributed by atoms with Gasteiger partial charge in [0.1, 0.15) is 0 Å². The molecule has 2 aromatic carbocycles. The lowest BCUT2D eigenvalue weighted by Gasteiger charge is -2.32. The topological polar surface area (TPSA) is 49.8 Å². The molecule has 27 heavy (non-hydrogen) atoms. The molecule has 0 aromatic heterocycles. The molecular weight excluding hydrogens is 377 g/mol. The molecule has 4 nitrogen and oxygen atoms in total. The molecule has 2 aromatic rings. The lowest BCUT2D eigenvalue weighted by Crippen LogP contribution is -2.21. The molecular formula is C21H30NO3PS. The molecule has 1 aliphatic heterocycles. The summed E-state index contributed by atoms with van der Waals surface area (Å²) in [4.78, 5) is 12.3. The van der Waals surface area contributed by atoms with Crippen molar-refractivity contribution in [2.24, 2.45) is 0 Å². The van der Waals surface area contributed by atoms with Gasteiger partial charge in [-0.1, -0.05) is 81.4 Å². The zero-order chi connectivity index (χ0) is 19.7. The predicted octanol–water partition coefficient (Wildman–Crippen LogP) is 6.07. The minimum Gasteiger partial charge on any atom is -0.316 e. The average Bonchev–Trinajstić information content (AvgIpc) is 2.70. The third-order valence-electron chi connectivity index (χ3n) is 4.63. The monoisotopic (exact) mass is 407 g/mol. The number of rotatable bonds is 5. The van der Waals surface area contributed by atoms with E-state index >= 15 is 0 Å². The standard InChI is InChI=1S/C15H15O3PS.C6H15N/c16-19(17)18-14(12-7-3-1-4-8-12)11-15(20-19)13-9-5-2-6-10-13;1-4-7(5-2)6-3/h1-10,14-15H,11H2,(H,16,17);4-6H2,1-3H3/t14-,15+;/m1./s1. The van der Waals surface area contributed by atoms with Gasteiger partial charge in [0, 0.05) is 5.25 Å². The van der Waals surface area contributed by atoms with Crippen LogP contribution in [0.15, 0.2) is 60.7 Å². The Bertz CT molecular complexity index is 653. The first-order valence-electron chi connectivity index (χ1n) is 9.50. The van der Waals surface area contributed by atoms with Crippen LogP contribution in [0.3, 0.4) is 0 Å². The second-order valence-corrected chi connectivity index (χ2v) is 10.3. The van der Waals surface area contributed by atoms with Crippen molar-refractivity contribution >= 4 is 18.2 Å². The van der Waals surface area contributed by atoms with E-state index in [1.54, 1.807) is 0 Å². The quantitative estimate of drug-likeness (QED) is 0.610. The van der Waals surface area contributed by atoms with E-state index in [1.807, 2.05) is 60.7 Å². The fourth-order valence-electron chi connectivity index (χ4n) is 3.03. The Balaban J connectivity index is 0.000000321. The van der Waals surface area contributed by atoms with Crippen molar-refractivity contribution in [3.8, 4) is 0 Å².